The van der Waals surface area contributed by atoms with Crippen LogP contribution in [0, 0.1) is 5.92 Å². The zero-order chi connectivity index (χ0) is 13.4. The minimum atomic E-state index is -0.173. The van der Waals surface area contributed by atoms with Crippen molar-refractivity contribution in [2.24, 2.45) is 5.92 Å². The van der Waals surface area contributed by atoms with Crippen molar-refractivity contribution >= 4 is 29.7 Å². The number of halogens is 1. The molecule has 1 saturated heterocycles. The van der Waals surface area contributed by atoms with Crippen molar-refractivity contribution in [1.82, 2.24) is 0 Å². The Morgan fingerprint density at radius 1 is 1.06 bits per heavy atom. The van der Waals surface area contributed by atoms with Crippen molar-refractivity contribution in [1.29, 1.82) is 0 Å². The molecule has 2 atom stereocenters. The maximum atomic E-state index is 6.07. The van der Waals surface area contributed by atoms with E-state index in [1.165, 1.54) is 32.1 Å². The van der Waals surface area contributed by atoms with Crippen LogP contribution in [-0.4, -0.2) is 22.2 Å². The zero-order valence-corrected chi connectivity index (χ0v) is 14.3. The lowest BCUT2D eigenvalue weighted by atomic mass is 9.76. The molecule has 2 aliphatic rings. The summed E-state index contributed by atoms with van der Waals surface area (Å²) >= 11 is 2.64. The molecule has 0 bridgehead atoms. The van der Waals surface area contributed by atoms with Crippen LogP contribution < -0.4 is 0 Å². The fourth-order valence-electron chi connectivity index (χ4n) is 2.92. The molecular weight excluding hydrogens is 338 g/mol. The summed E-state index contributed by atoms with van der Waals surface area (Å²) < 4.78 is 13.0. The van der Waals surface area contributed by atoms with Gasteiger partial charge in [-0.2, -0.15) is 0 Å². The van der Waals surface area contributed by atoms with Crippen molar-refractivity contribution in [3.8, 4) is 0 Å². The van der Waals surface area contributed by atoms with Gasteiger partial charge in [0.05, 0.1) is 11.2 Å². The van der Waals surface area contributed by atoms with E-state index in [0.29, 0.717) is 0 Å². The van der Waals surface area contributed by atoms with Crippen molar-refractivity contribution in [2.45, 2.75) is 81.2 Å². The van der Waals surface area contributed by atoms with Crippen LogP contribution in [0.25, 0.3) is 0 Å². The summed E-state index contributed by atoms with van der Waals surface area (Å²) in [6.45, 7) is 8.53. The first-order valence-corrected chi connectivity index (χ1v) is 8.56. The van der Waals surface area contributed by atoms with Gasteiger partial charge < -0.3 is 9.31 Å². The topological polar surface area (TPSA) is 18.5 Å². The molecule has 2 nitrogen and oxygen atoms in total. The van der Waals surface area contributed by atoms with E-state index in [0.717, 1.165) is 16.2 Å². The molecule has 18 heavy (non-hydrogen) atoms. The average molecular weight is 364 g/mol. The second kappa shape index (κ2) is 5.61. The molecule has 2 rings (SSSR count). The van der Waals surface area contributed by atoms with E-state index in [2.05, 4.69) is 50.3 Å². The molecule has 0 amide bonds. The van der Waals surface area contributed by atoms with Gasteiger partial charge in [-0.1, -0.05) is 41.9 Å². The molecule has 0 spiro atoms. The van der Waals surface area contributed by atoms with Crippen molar-refractivity contribution < 1.29 is 9.31 Å². The van der Waals surface area contributed by atoms with Gasteiger partial charge in [0.1, 0.15) is 0 Å². The molecule has 104 valence electrons. The minimum Gasteiger partial charge on any atom is -0.403 e. The van der Waals surface area contributed by atoms with Gasteiger partial charge in [0, 0.05) is 3.92 Å². The summed E-state index contributed by atoms with van der Waals surface area (Å²) in [5, 5.41) is 0. The summed E-state index contributed by atoms with van der Waals surface area (Å²) in [5.41, 5.74) is -0.345. The Balaban J connectivity index is 1.81. The lowest BCUT2D eigenvalue weighted by molar-refractivity contribution is 0.00578. The van der Waals surface area contributed by atoms with Crippen molar-refractivity contribution in [3.05, 3.63) is 0 Å². The number of rotatable bonds is 3. The van der Waals surface area contributed by atoms with E-state index in [4.69, 9.17) is 9.31 Å². The van der Waals surface area contributed by atoms with E-state index in [9.17, 15) is 0 Å². The van der Waals surface area contributed by atoms with Crippen molar-refractivity contribution in [2.75, 3.05) is 0 Å². The Labute approximate surface area is 126 Å². The summed E-state index contributed by atoms with van der Waals surface area (Å²) in [6, 6.07) is 0. The summed E-state index contributed by atoms with van der Waals surface area (Å²) in [7, 11) is 0.000488. The normalized spacial score (nSPS) is 34.8. The maximum Gasteiger partial charge on any atom is 0.457 e. The molecule has 0 aromatic carbocycles. The number of hydrogen-bond donors (Lipinski definition) is 0. The minimum absolute atomic E-state index is 0.000488. The van der Waals surface area contributed by atoms with E-state index < -0.39 is 0 Å². The lowest BCUT2D eigenvalue weighted by Crippen LogP contribution is -2.41. The third-order valence-electron chi connectivity index (χ3n) is 4.89. The van der Waals surface area contributed by atoms with Gasteiger partial charge in [-0.3, -0.25) is 0 Å². The smallest absolute Gasteiger partial charge is 0.403 e. The first kappa shape index (κ1) is 15.1. The van der Waals surface area contributed by atoms with Crippen LogP contribution in [0.1, 0.15) is 59.8 Å². The highest BCUT2D eigenvalue weighted by Crippen LogP contribution is 2.40. The second-order valence-corrected chi connectivity index (χ2v) is 8.42. The van der Waals surface area contributed by atoms with Crippen molar-refractivity contribution in [3.63, 3.8) is 0 Å². The van der Waals surface area contributed by atoms with Gasteiger partial charge in [-0.05, 0) is 52.8 Å². The molecule has 1 aliphatic carbocycles. The molecule has 2 fully saturated rings. The monoisotopic (exact) mass is 364 g/mol. The van der Waals surface area contributed by atoms with Crippen LogP contribution in [0.2, 0.25) is 6.32 Å². The third-order valence-corrected chi connectivity index (χ3v) is 6.53. The van der Waals surface area contributed by atoms with E-state index in [1.807, 2.05) is 0 Å². The van der Waals surface area contributed by atoms with Crippen LogP contribution in [0.15, 0.2) is 0 Å². The highest BCUT2D eigenvalue weighted by Gasteiger charge is 2.50. The van der Waals surface area contributed by atoms with E-state index >= 15 is 0 Å². The van der Waals surface area contributed by atoms with Gasteiger partial charge in [-0.15, -0.1) is 0 Å². The van der Waals surface area contributed by atoms with E-state index in [1.54, 1.807) is 0 Å². The highest BCUT2D eigenvalue weighted by atomic mass is 127. The summed E-state index contributed by atoms with van der Waals surface area (Å²) in [4.78, 5) is 0. The fraction of sp³-hybridized carbons (Fsp3) is 1.00. The standard InChI is InChI=1S/C14H26BIO2/c1-13(2)14(3,4)18-15(17-13)10-9-11-7-5-6-8-12(11)16/h11-12H,5-10H2,1-4H3. The van der Waals surface area contributed by atoms with Gasteiger partial charge in [0.2, 0.25) is 0 Å². The molecule has 0 aromatic rings. The second-order valence-electron chi connectivity index (χ2n) is 6.82. The predicted octanol–water partition coefficient (Wildman–Crippen LogP) is 4.46. The largest absolute Gasteiger partial charge is 0.457 e. The Kier molecular flexibility index (Phi) is 4.71. The van der Waals surface area contributed by atoms with Gasteiger partial charge in [0.25, 0.3) is 0 Å². The molecule has 1 heterocycles. The fourth-order valence-corrected chi connectivity index (χ4v) is 4.08. The Morgan fingerprint density at radius 2 is 1.61 bits per heavy atom. The first-order valence-electron chi connectivity index (χ1n) is 7.31. The molecule has 1 aliphatic heterocycles. The lowest BCUT2D eigenvalue weighted by Gasteiger charge is -2.32. The summed E-state index contributed by atoms with van der Waals surface area (Å²) in [6.07, 6.45) is 7.93. The van der Waals surface area contributed by atoms with Crippen LogP contribution in [0.3, 0.4) is 0 Å². The molecule has 4 heteroatoms. The molecule has 0 radical (unpaired) electrons. The van der Waals surface area contributed by atoms with Crippen LogP contribution in [0.5, 0.6) is 0 Å². The van der Waals surface area contributed by atoms with Gasteiger partial charge in [0.15, 0.2) is 0 Å². The predicted molar refractivity (Wildman–Crippen MR) is 85.3 cm³/mol. The molecule has 1 saturated carbocycles. The molecule has 0 N–H and O–H groups in total. The highest BCUT2D eigenvalue weighted by molar-refractivity contribution is 14.1. The maximum absolute atomic E-state index is 6.07. The number of alkyl halides is 1. The Morgan fingerprint density at radius 3 is 2.17 bits per heavy atom. The number of hydrogen-bond acceptors (Lipinski definition) is 2. The average Bonchev–Trinajstić information content (AvgIpc) is 2.46. The molecular formula is C14H26BIO2. The van der Waals surface area contributed by atoms with Gasteiger partial charge >= 0.3 is 7.12 Å². The van der Waals surface area contributed by atoms with Crippen LogP contribution in [0.4, 0.5) is 0 Å². The Bertz CT molecular complexity index is 278. The SMILES string of the molecule is CC1(C)OB(CCC2CCCCC2I)OC1(C)C. The third kappa shape index (κ3) is 3.24. The zero-order valence-electron chi connectivity index (χ0n) is 12.2. The van der Waals surface area contributed by atoms with Crippen LogP contribution >= 0.6 is 22.6 Å². The molecule has 0 aromatic heterocycles. The first-order chi connectivity index (χ1) is 8.32. The van der Waals surface area contributed by atoms with Gasteiger partial charge in [-0.25, -0.2) is 0 Å². The van der Waals surface area contributed by atoms with E-state index in [-0.39, 0.29) is 18.3 Å². The quantitative estimate of drug-likeness (QED) is 0.418. The molecule has 2 unspecified atom stereocenters. The summed E-state index contributed by atoms with van der Waals surface area (Å²) in [5.74, 6) is 0.873. The van der Waals surface area contributed by atoms with Crippen LogP contribution in [-0.2, 0) is 9.31 Å². The Hall–Kier alpha value is 0.715.